The smallest absolute Gasteiger partial charge is 0.226 e. The number of methoxy groups -OCH3 is 3. The summed E-state index contributed by atoms with van der Waals surface area (Å²) >= 11 is 0. The van der Waals surface area contributed by atoms with Crippen LogP contribution in [0.15, 0.2) is 53.1 Å². The monoisotopic (exact) mass is 311 g/mol. The predicted molar refractivity (Wildman–Crippen MR) is 87.0 cm³/mol. The van der Waals surface area contributed by atoms with E-state index in [4.69, 9.17) is 18.6 Å². The van der Waals surface area contributed by atoms with Crippen LogP contribution in [0.25, 0.3) is 22.8 Å². The summed E-state index contributed by atoms with van der Waals surface area (Å²) in [6.07, 6.45) is 1.70. The van der Waals surface area contributed by atoms with Gasteiger partial charge >= 0.3 is 0 Å². The molecular formula is C18H17NO4. The van der Waals surface area contributed by atoms with Gasteiger partial charge < -0.3 is 18.6 Å². The number of hydrogen-bond donors (Lipinski definition) is 0. The molecule has 0 aliphatic heterocycles. The Morgan fingerprint density at radius 1 is 0.783 bits per heavy atom. The standard InChI is InChI=1S/C18H17NO4/c1-20-14-7-4-12(5-8-14)18-19-11-17(23-18)13-6-9-15(21-2)16(10-13)22-3/h4-11H,1-3H3. The lowest BCUT2D eigenvalue weighted by Gasteiger charge is -2.08. The molecule has 3 rings (SSSR count). The van der Waals surface area contributed by atoms with Gasteiger partial charge in [0.25, 0.3) is 0 Å². The number of aromatic nitrogens is 1. The molecule has 5 heteroatoms. The maximum absolute atomic E-state index is 5.85. The number of rotatable bonds is 5. The molecule has 1 heterocycles. The van der Waals surface area contributed by atoms with Crippen molar-refractivity contribution >= 4 is 0 Å². The van der Waals surface area contributed by atoms with E-state index in [1.165, 1.54) is 0 Å². The highest BCUT2D eigenvalue weighted by Gasteiger charge is 2.11. The molecular weight excluding hydrogens is 294 g/mol. The van der Waals surface area contributed by atoms with Crippen molar-refractivity contribution in [2.75, 3.05) is 21.3 Å². The van der Waals surface area contributed by atoms with Gasteiger partial charge in [-0.05, 0) is 42.5 Å². The van der Waals surface area contributed by atoms with Crippen molar-refractivity contribution in [3.63, 3.8) is 0 Å². The number of ether oxygens (including phenoxy) is 3. The fourth-order valence-corrected chi connectivity index (χ4v) is 2.26. The van der Waals surface area contributed by atoms with Crippen LogP contribution in [0, 0.1) is 0 Å². The number of nitrogens with zero attached hydrogens (tertiary/aromatic N) is 1. The zero-order chi connectivity index (χ0) is 16.2. The summed E-state index contributed by atoms with van der Waals surface area (Å²) in [4.78, 5) is 4.34. The van der Waals surface area contributed by atoms with Gasteiger partial charge in [0, 0.05) is 11.1 Å². The zero-order valence-corrected chi connectivity index (χ0v) is 13.2. The van der Waals surface area contributed by atoms with E-state index in [0.717, 1.165) is 16.9 Å². The van der Waals surface area contributed by atoms with E-state index in [9.17, 15) is 0 Å². The normalized spacial score (nSPS) is 10.4. The van der Waals surface area contributed by atoms with Crippen LogP contribution in [-0.2, 0) is 0 Å². The van der Waals surface area contributed by atoms with Gasteiger partial charge in [-0.1, -0.05) is 0 Å². The zero-order valence-electron chi connectivity index (χ0n) is 13.2. The molecule has 0 spiro atoms. The van der Waals surface area contributed by atoms with Crippen molar-refractivity contribution in [1.82, 2.24) is 4.98 Å². The topological polar surface area (TPSA) is 53.7 Å². The van der Waals surface area contributed by atoms with Crippen LogP contribution in [0.3, 0.4) is 0 Å². The van der Waals surface area contributed by atoms with Gasteiger partial charge in [0.15, 0.2) is 17.3 Å². The van der Waals surface area contributed by atoms with Gasteiger partial charge in [-0.3, -0.25) is 0 Å². The Balaban J connectivity index is 1.92. The lowest BCUT2D eigenvalue weighted by molar-refractivity contribution is 0.355. The lowest BCUT2D eigenvalue weighted by atomic mass is 10.1. The molecule has 0 radical (unpaired) electrons. The minimum Gasteiger partial charge on any atom is -0.497 e. The second-order valence-electron chi connectivity index (χ2n) is 4.83. The first-order valence-electron chi connectivity index (χ1n) is 7.08. The third kappa shape index (κ3) is 2.99. The summed E-state index contributed by atoms with van der Waals surface area (Å²) in [7, 11) is 4.84. The van der Waals surface area contributed by atoms with Crippen LogP contribution in [0.5, 0.6) is 17.2 Å². The molecule has 2 aromatic carbocycles. The minimum absolute atomic E-state index is 0.553. The van der Waals surface area contributed by atoms with Crippen molar-refractivity contribution in [2.24, 2.45) is 0 Å². The van der Waals surface area contributed by atoms with E-state index < -0.39 is 0 Å². The summed E-state index contributed by atoms with van der Waals surface area (Å²) in [5.74, 6) is 3.33. The number of oxazole rings is 1. The molecule has 0 unspecified atom stereocenters. The number of hydrogen-bond acceptors (Lipinski definition) is 5. The quantitative estimate of drug-likeness (QED) is 0.712. The van der Waals surface area contributed by atoms with Crippen molar-refractivity contribution in [3.8, 4) is 40.0 Å². The first-order valence-corrected chi connectivity index (χ1v) is 7.08. The van der Waals surface area contributed by atoms with Crippen LogP contribution in [0.2, 0.25) is 0 Å². The average Bonchev–Trinajstić information content (AvgIpc) is 3.11. The Kier molecular flexibility index (Phi) is 4.19. The fraction of sp³-hybridized carbons (Fsp3) is 0.167. The minimum atomic E-state index is 0.553. The Labute approximate surface area is 134 Å². The SMILES string of the molecule is COc1ccc(-c2ncc(-c3ccc(OC)c(OC)c3)o2)cc1. The largest absolute Gasteiger partial charge is 0.497 e. The van der Waals surface area contributed by atoms with Crippen LogP contribution in [0.4, 0.5) is 0 Å². The Bertz CT molecular complexity index is 793. The maximum atomic E-state index is 5.85. The van der Waals surface area contributed by atoms with Gasteiger partial charge in [0.05, 0.1) is 27.5 Å². The Hall–Kier alpha value is -2.95. The van der Waals surface area contributed by atoms with Gasteiger partial charge in [-0.25, -0.2) is 4.98 Å². The van der Waals surface area contributed by atoms with Crippen LogP contribution >= 0.6 is 0 Å². The third-order valence-corrected chi connectivity index (χ3v) is 3.51. The summed E-state index contributed by atoms with van der Waals surface area (Å²) in [5, 5.41) is 0. The molecule has 0 saturated heterocycles. The molecule has 23 heavy (non-hydrogen) atoms. The molecule has 0 bridgehead atoms. The molecule has 3 aromatic rings. The summed E-state index contributed by atoms with van der Waals surface area (Å²) in [5.41, 5.74) is 1.76. The molecule has 0 saturated carbocycles. The maximum Gasteiger partial charge on any atom is 0.226 e. The van der Waals surface area contributed by atoms with Crippen LogP contribution in [0.1, 0.15) is 0 Å². The van der Waals surface area contributed by atoms with E-state index in [1.807, 2.05) is 42.5 Å². The van der Waals surface area contributed by atoms with E-state index in [-0.39, 0.29) is 0 Å². The summed E-state index contributed by atoms with van der Waals surface area (Å²) in [6, 6.07) is 13.2. The second-order valence-corrected chi connectivity index (χ2v) is 4.83. The van der Waals surface area contributed by atoms with E-state index >= 15 is 0 Å². The molecule has 0 atom stereocenters. The first-order chi connectivity index (χ1) is 11.2. The highest BCUT2D eigenvalue weighted by atomic mass is 16.5. The highest BCUT2D eigenvalue weighted by Crippen LogP contribution is 2.33. The van der Waals surface area contributed by atoms with Crippen molar-refractivity contribution in [2.45, 2.75) is 0 Å². The van der Waals surface area contributed by atoms with Crippen molar-refractivity contribution in [1.29, 1.82) is 0 Å². The van der Waals surface area contributed by atoms with E-state index in [2.05, 4.69) is 4.98 Å². The molecule has 5 nitrogen and oxygen atoms in total. The fourth-order valence-electron chi connectivity index (χ4n) is 2.26. The van der Waals surface area contributed by atoms with Gasteiger partial charge in [0.2, 0.25) is 5.89 Å². The lowest BCUT2D eigenvalue weighted by Crippen LogP contribution is -1.90. The molecule has 0 amide bonds. The van der Waals surface area contributed by atoms with E-state index in [1.54, 1.807) is 27.5 Å². The van der Waals surface area contributed by atoms with Gasteiger partial charge in [-0.15, -0.1) is 0 Å². The molecule has 0 fully saturated rings. The summed E-state index contributed by atoms with van der Waals surface area (Å²) < 4.78 is 21.6. The van der Waals surface area contributed by atoms with Crippen molar-refractivity contribution < 1.29 is 18.6 Å². The third-order valence-electron chi connectivity index (χ3n) is 3.51. The molecule has 0 aliphatic carbocycles. The van der Waals surface area contributed by atoms with Gasteiger partial charge in [-0.2, -0.15) is 0 Å². The van der Waals surface area contributed by atoms with Crippen molar-refractivity contribution in [3.05, 3.63) is 48.7 Å². The average molecular weight is 311 g/mol. The Morgan fingerprint density at radius 2 is 1.48 bits per heavy atom. The van der Waals surface area contributed by atoms with E-state index in [0.29, 0.717) is 23.1 Å². The number of benzene rings is 2. The molecule has 0 aliphatic rings. The Morgan fingerprint density at radius 3 is 2.13 bits per heavy atom. The second kappa shape index (κ2) is 6.44. The van der Waals surface area contributed by atoms with Crippen LogP contribution in [-0.4, -0.2) is 26.3 Å². The molecule has 1 aromatic heterocycles. The summed E-state index contributed by atoms with van der Waals surface area (Å²) in [6.45, 7) is 0. The molecule has 0 N–H and O–H groups in total. The van der Waals surface area contributed by atoms with Gasteiger partial charge in [0.1, 0.15) is 5.75 Å². The molecule has 118 valence electrons. The first kappa shape index (κ1) is 15.0. The highest BCUT2D eigenvalue weighted by molar-refractivity contribution is 5.64. The predicted octanol–water partition coefficient (Wildman–Crippen LogP) is 4.03. The van der Waals surface area contributed by atoms with Crippen LogP contribution < -0.4 is 14.2 Å².